The van der Waals surface area contributed by atoms with Gasteiger partial charge >= 0.3 is 5.97 Å². The number of hydrogen-bond acceptors (Lipinski definition) is 5. The van der Waals surface area contributed by atoms with Crippen LogP contribution in [0.25, 0.3) is 6.08 Å². The number of carbonyl (C=O) groups is 2. The lowest BCUT2D eigenvalue weighted by Gasteiger charge is -2.10. The van der Waals surface area contributed by atoms with Gasteiger partial charge < -0.3 is 19.3 Å². The van der Waals surface area contributed by atoms with Crippen molar-refractivity contribution in [1.29, 1.82) is 0 Å². The first-order valence-corrected chi connectivity index (χ1v) is 8.49. The molecule has 0 bridgehead atoms. The highest BCUT2D eigenvalue weighted by Crippen LogP contribution is 2.36. The maximum absolute atomic E-state index is 12.5. The summed E-state index contributed by atoms with van der Waals surface area (Å²) in [5, 5.41) is 8.92. The number of carboxylic acids is 1. The molecule has 7 heteroatoms. The second-order valence-corrected chi connectivity index (χ2v) is 6.50. The van der Waals surface area contributed by atoms with Gasteiger partial charge in [-0.3, -0.25) is 4.79 Å². The van der Waals surface area contributed by atoms with Crippen molar-refractivity contribution in [2.45, 2.75) is 13.0 Å². The van der Waals surface area contributed by atoms with Crippen molar-refractivity contribution >= 4 is 33.8 Å². The number of methoxy groups -OCH3 is 1. The molecule has 1 aliphatic heterocycles. The summed E-state index contributed by atoms with van der Waals surface area (Å²) < 4.78 is 17.1. The van der Waals surface area contributed by atoms with Crippen molar-refractivity contribution in [2.24, 2.45) is 0 Å². The second-order valence-electron chi connectivity index (χ2n) is 5.58. The summed E-state index contributed by atoms with van der Waals surface area (Å²) >= 11 is 3.39. The topological polar surface area (TPSA) is 82.1 Å². The van der Waals surface area contributed by atoms with Crippen molar-refractivity contribution in [3.05, 3.63) is 57.8 Å². The number of hydrogen-bond donors (Lipinski definition) is 1. The summed E-state index contributed by atoms with van der Waals surface area (Å²) in [4.78, 5) is 23.4. The molecule has 0 unspecified atom stereocenters. The lowest BCUT2D eigenvalue weighted by Crippen LogP contribution is -2.22. The van der Waals surface area contributed by atoms with Gasteiger partial charge in [-0.15, -0.1) is 0 Å². The Balaban J connectivity index is 1.90. The van der Waals surface area contributed by atoms with E-state index in [1.165, 1.54) is 13.0 Å². The third kappa shape index (κ3) is 3.57. The zero-order valence-electron chi connectivity index (χ0n) is 14.0. The number of rotatable bonds is 5. The Kier molecular flexibility index (Phi) is 4.99. The van der Waals surface area contributed by atoms with Gasteiger partial charge in [0.15, 0.2) is 11.9 Å². The number of fused-ring (bicyclic) bond motifs is 1. The molecule has 6 nitrogen and oxygen atoms in total. The van der Waals surface area contributed by atoms with Gasteiger partial charge in [0.2, 0.25) is 5.78 Å². The average molecular weight is 419 g/mol. The molecule has 2 aromatic rings. The third-order valence-electron chi connectivity index (χ3n) is 3.78. The Morgan fingerprint density at radius 3 is 2.73 bits per heavy atom. The standard InChI is InChI=1S/C19H15BrO6/c1-10(19(22)23)25-13-4-5-14-16(9-13)26-17(18(14)21)8-11-7-12(20)3-6-15(11)24-2/h3-10H,1-2H3,(H,22,23)/b17-8-/t10-/m1/s1. The Morgan fingerprint density at radius 1 is 1.27 bits per heavy atom. The molecule has 3 rings (SSSR count). The van der Waals surface area contributed by atoms with Crippen LogP contribution in [-0.4, -0.2) is 30.1 Å². The Hall–Kier alpha value is -2.80. The third-order valence-corrected chi connectivity index (χ3v) is 4.27. The van der Waals surface area contributed by atoms with E-state index >= 15 is 0 Å². The SMILES string of the molecule is COc1ccc(Br)cc1/C=C1\Oc2cc(O[C@H](C)C(=O)O)ccc2C1=O. The van der Waals surface area contributed by atoms with E-state index in [9.17, 15) is 9.59 Å². The molecule has 0 fully saturated rings. The molecule has 0 saturated heterocycles. The fourth-order valence-corrected chi connectivity index (χ4v) is 2.83. The van der Waals surface area contributed by atoms with Gasteiger partial charge in [0.1, 0.15) is 17.2 Å². The van der Waals surface area contributed by atoms with E-state index in [-0.39, 0.29) is 11.5 Å². The van der Waals surface area contributed by atoms with E-state index in [1.54, 1.807) is 31.4 Å². The maximum atomic E-state index is 12.5. The normalized spacial score (nSPS) is 15.3. The van der Waals surface area contributed by atoms with Gasteiger partial charge in [-0.05, 0) is 43.3 Å². The van der Waals surface area contributed by atoms with Gasteiger partial charge in [-0.1, -0.05) is 15.9 Å². The fourth-order valence-electron chi connectivity index (χ4n) is 2.45. The number of halogens is 1. The van der Waals surface area contributed by atoms with Crippen LogP contribution in [0.5, 0.6) is 17.2 Å². The molecule has 1 aliphatic rings. The zero-order valence-corrected chi connectivity index (χ0v) is 15.6. The van der Waals surface area contributed by atoms with E-state index in [4.69, 9.17) is 19.3 Å². The Bertz CT molecular complexity index is 918. The Morgan fingerprint density at radius 2 is 2.04 bits per heavy atom. The zero-order chi connectivity index (χ0) is 18.8. The van der Waals surface area contributed by atoms with E-state index in [2.05, 4.69) is 15.9 Å². The van der Waals surface area contributed by atoms with Crippen LogP contribution in [0.2, 0.25) is 0 Å². The quantitative estimate of drug-likeness (QED) is 0.740. The minimum Gasteiger partial charge on any atom is -0.496 e. The summed E-state index contributed by atoms with van der Waals surface area (Å²) in [6.07, 6.45) is 0.595. The molecule has 0 amide bonds. The number of allylic oxidation sites excluding steroid dienone is 1. The lowest BCUT2D eigenvalue weighted by molar-refractivity contribution is -0.144. The first-order chi connectivity index (χ1) is 12.4. The monoisotopic (exact) mass is 418 g/mol. The molecule has 0 radical (unpaired) electrons. The van der Waals surface area contributed by atoms with Crippen molar-refractivity contribution in [1.82, 2.24) is 0 Å². The van der Waals surface area contributed by atoms with E-state index in [0.29, 0.717) is 28.4 Å². The molecule has 0 aromatic heterocycles. The predicted molar refractivity (Wildman–Crippen MR) is 97.8 cm³/mol. The molecule has 1 N–H and O–H groups in total. The van der Waals surface area contributed by atoms with Gasteiger partial charge in [-0.25, -0.2) is 4.79 Å². The van der Waals surface area contributed by atoms with Crippen LogP contribution >= 0.6 is 15.9 Å². The number of carboxylic acid groups (broad SMARTS) is 1. The van der Waals surface area contributed by atoms with Crippen LogP contribution < -0.4 is 14.2 Å². The lowest BCUT2D eigenvalue weighted by atomic mass is 10.1. The van der Waals surface area contributed by atoms with Gasteiger partial charge in [0.05, 0.1) is 12.7 Å². The molecule has 1 heterocycles. The average Bonchev–Trinajstić information content (AvgIpc) is 2.90. The first kappa shape index (κ1) is 18.0. The molecule has 26 heavy (non-hydrogen) atoms. The molecule has 0 spiro atoms. The van der Waals surface area contributed by atoms with Crippen LogP contribution in [0.4, 0.5) is 0 Å². The minimum absolute atomic E-state index is 0.153. The number of ketones is 1. The highest BCUT2D eigenvalue weighted by atomic mass is 79.9. The van der Waals surface area contributed by atoms with Gasteiger partial charge in [-0.2, -0.15) is 0 Å². The molecule has 0 saturated carbocycles. The van der Waals surface area contributed by atoms with Crippen molar-refractivity contribution < 1.29 is 28.9 Å². The molecule has 0 aliphatic carbocycles. The molecular formula is C19H15BrO6. The summed E-state index contributed by atoms with van der Waals surface area (Å²) in [6.45, 7) is 1.42. The highest BCUT2D eigenvalue weighted by Gasteiger charge is 2.28. The predicted octanol–water partition coefficient (Wildman–Crippen LogP) is 3.93. The van der Waals surface area contributed by atoms with Crippen molar-refractivity contribution in [3.8, 4) is 17.2 Å². The maximum Gasteiger partial charge on any atom is 0.344 e. The summed E-state index contributed by atoms with van der Waals surface area (Å²) in [6, 6.07) is 10.0. The van der Waals surface area contributed by atoms with Gasteiger partial charge in [0.25, 0.3) is 0 Å². The van der Waals surface area contributed by atoms with E-state index in [1.807, 2.05) is 12.1 Å². The molecular weight excluding hydrogens is 404 g/mol. The number of benzene rings is 2. The minimum atomic E-state index is -1.08. The number of ether oxygens (including phenoxy) is 3. The number of carbonyl (C=O) groups excluding carboxylic acids is 1. The summed E-state index contributed by atoms with van der Waals surface area (Å²) in [7, 11) is 1.55. The summed E-state index contributed by atoms with van der Waals surface area (Å²) in [5.74, 6) is 0.0509. The van der Waals surface area contributed by atoms with Crippen LogP contribution in [-0.2, 0) is 4.79 Å². The van der Waals surface area contributed by atoms with Crippen LogP contribution in [0.1, 0.15) is 22.8 Å². The van der Waals surface area contributed by atoms with Crippen LogP contribution in [0.3, 0.4) is 0 Å². The second kappa shape index (κ2) is 7.21. The highest BCUT2D eigenvalue weighted by molar-refractivity contribution is 9.10. The molecule has 134 valence electrons. The number of Topliss-reactive ketones (excluding diaryl/α,β-unsaturated/α-hetero) is 1. The molecule has 2 aromatic carbocycles. The van der Waals surface area contributed by atoms with Crippen LogP contribution in [0, 0.1) is 0 Å². The smallest absolute Gasteiger partial charge is 0.344 e. The first-order valence-electron chi connectivity index (χ1n) is 7.70. The largest absolute Gasteiger partial charge is 0.496 e. The van der Waals surface area contributed by atoms with Crippen molar-refractivity contribution in [2.75, 3.05) is 7.11 Å². The van der Waals surface area contributed by atoms with E-state index in [0.717, 1.165) is 4.47 Å². The number of aliphatic carboxylic acids is 1. The fraction of sp³-hybridized carbons (Fsp3) is 0.158. The van der Waals surface area contributed by atoms with Crippen molar-refractivity contribution in [3.63, 3.8) is 0 Å². The Labute approximate surface area is 158 Å². The van der Waals surface area contributed by atoms with Crippen LogP contribution in [0.15, 0.2) is 46.6 Å². The molecule has 1 atom stereocenters. The summed E-state index contributed by atoms with van der Waals surface area (Å²) in [5.41, 5.74) is 1.08. The van der Waals surface area contributed by atoms with E-state index < -0.39 is 12.1 Å². The van der Waals surface area contributed by atoms with Gasteiger partial charge in [0, 0.05) is 16.1 Å².